The number of thiophene rings is 2. The Balaban J connectivity index is 1.95. The van der Waals surface area contributed by atoms with Crippen LogP contribution < -0.4 is 10.6 Å². The number of methoxy groups -OCH3 is 1. The Morgan fingerprint density at radius 2 is 2.29 bits per heavy atom. The summed E-state index contributed by atoms with van der Waals surface area (Å²) in [6.45, 7) is 1.55. The summed E-state index contributed by atoms with van der Waals surface area (Å²) in [7, 11) is 1.36. The summed E-state index contributed by atoms with van der Waals surface area (Å²) in [5.41, 5.74) is 2.09. The van der Waals surface area contributed by atoms with Gasteiger partial charge in [0.05, 0.1) is 18.2 Å². The third-order valence-corrected chi connectivity index (χ3v) is 5.16. The summed E-state index contributed by atoms with van der Waals surface area (Å²) < 4.78 is 4.87. The SMILES string of the molecule is COC(=O)c1c(NC(=O)c2ccsc2)sc2c1CCNC2. The molecule has 2 aromatic heterocycles. The average molecular weight is 322 g/mol. The van der Waals surface area contributed by atoms with Crippen LogP contribution in [0.2, 0.25) is 0 Å². The Labute approximate surface area is 129 Å². The number of anilines is 1. The van der Waals surface area contributed by atoms with Crippen molar-refractivity contribution in [2.24, 2.45) is 0 Å². The molecule has 7 heteroatoms. The van der Waals surface area contributed by atoms with E-state index in [1.807, 2.05) is 5.38 Å². The second-order valence-electron chi connectivity index (χ2n) is 4.59. The zero-order valence-electron chi connectivity index (χ0n) is 11.4. The van der Waals surface area contributed by atoms with E-state index in [9.17, 15) is 9.59 Å². The average Bonchev–Trinajstić information content (AvgIpc) is 3.13. The standard InChI is InChI=1S/C14H14N2O3S2/c1-19-14(18)11-9-2-4-15-6-10(9)21-13(11)16-12(17)8-3-5-20-7-8/h3,5,7,15H,2,4,6H2,1H3,(H,16,17). The molecule has 0 fully saturated rings. The summed E-state index contributed by atoms with van der Waals surface area (Å²) >= 11 is 2.90. The number of nitrogens with one attached hydrogen (secondary N) is 2. The summed E-state index contributed by atoms with van der Waals surface area (Å²) in [6.07, 6.45) is 0.768. The molecule has 21 heavy (non-hydrogen) atoms. The molecule has 0 atom stereocenters. The minimum Gasteiger partial charge on any atom is -0.465 e. The van der Waals surface area contributed by atoms with Gasteiger partial charge >= 0.3 is 5.97 Å². The topological polar surface area (TPSA) is 67.4 Å². The van der Waals surface area contributed by atoms with Gasteiger partial charge in [0.1, 0.15) is 5.00 Å². The molecule has 2 N–H and O–H groups in total. The van der Waals surface area contributed by atoms with Crippen molar-refractivity contribution in [3.8, 4) is 0 Å². The zero-order chi connectivity index (χ0) is 14.8. The Morgan fingerprint density at radius 3 is 3.00 bits per heavy atom. The van der Waals surface area contributed by atoms with Crippen molar-refractivity contribution in [2.45, 2.75) is 13.0 Å². The number of rotatable bonds is 3. The highest BCUT2D eigenvalue weighted by Crippen LogP contribution is 2.36. The lowest BCUT2D eigenvalue weighted by molar-refractivity contribution is 0.0601. The van der Waals surface area contributed by atoms with E-state index in [-0.39, 0.29) is 5.91 Å². The third-order valence-electron chi connectivity index (χ3n) is 3.33. The number of ether oxygens (including phenoxy) is 1. The maximum absolute atomic E-state index is 12.2. The van der Waals surface area contributed by atoms with E-state index in [4.69, 9.17) is 4.74 Å². The zero-order valence-corrected chi connectivity index (χ0v) is 13.0. The van der Waals surface area contributed by atoms with Crippen LogP contribution >= 0.6 is 22.7 Å². The van der Waals surface area contributed by atoms with Gasteiger partial charge in [-0.15, -0.1) is 11.3 Å². The van der Waals surface area contributed by atoms with Gasteiger partial charge in [-0.25, -0.2) is 4.79 Å². The second-order valence-corrected chi connectivity index (χ2v) is 6.48. The molecule has 3 rings (SSSR count). The van der Waals surface area contributed by atoms with Gasteiger partial charge in [-0.05, 0) is 30.0 Å². The number of amides is 1. The molecule has 0 bridgehead atoms. The van der Waals surface area contributed by atoms with Crippen LogP contribution in [0.15, 0.2) is 16.8 Å². The Morgan fingerprint density at radius 1 is 1.43 bits per heavy atom. The van der Waals surface area contributed by atoms with Crippen LogP contribution in [-0.2, 0) is 17.7 Å². The van der Waals surface area contributed by atoms with Gasteiger partial charge in [-0.1, -0.05) is 0 Å². The quantitative estimate of drug-likeness (QED) is 0.852. The molecule has 5 nitrogen and oxygen atoms in total. The van der Waals surface area contributed by atoms with Crippen molar-refractivity contribution in [3.63, 3.8) is 0 Å². The van der Waals surface area contributed by atoms with Crippen LogP contribution in [0.1, 0.15) is 31.2 Å². The molecular weight excluding hydrogens is 308 g/mol. The van der Waals surface area contributed by atoms with Gasteiger partial charge in [-0.3, -0.25) is 4.79 Å². The fraction of sp³-hybridized carbons (Fsp3) is 0.286. The van der Waals surface area contributed by atoms with Crippen molar-refractivity contribution >= 4 is 39.6 Å². The van der Waals surface area contributed by atoms with E-state index in [1.54, 1.807) is 11.4 Å². The highest BCUT2D eigenvalue weighted by Gasteiger charge is 2.27. The van der Waals surface area contributed by atoms with Crippen LogP contribution in [0.4, 0.5) is 5.00 Å². The number of carbonyl (C=O) groups is 2. The van der Waals surface area contributed by atoms with E-state index in [0.717, 1.165) is 30.0 Å². The lowest BCUT2D eigenvalue weighted by Crippen LogP contribution is -2.23. The maximum Gasteiger partial charge on any atom is 0.341 e. The minimum absolute atomic E-state index is 0.201. The maximum atomic E-state index is 12.2. The molecule has 1 amide bonds. The van der Waals surface area contributed by atoms with Gasteiger partial charge < -0.3 is 15.4 Å². The predicted molar refractivity (Wildman–Crippen MR) is 83.3 cm³/mol. The fourth-order valence-corrected chi connectivity index (χ4v) is 4.15. The first-order chi connectivity index (χ1) is 10.2. The summed E-state index contributed by atoms with van der Waals surface area (Å²) in [5, 5.41) is 10.3. The van der Waals surface area contributed by atoms with E-state index in [1.165, 1.54) is 29.8 Å². The molecule has 1 aliphatic heterocycles. The Hall–Kier alpha value is -1.70. The van der Waals surface area contributed by atoms with Crippen LogP contribution in [0.3, 0.4) is 0 Å². The first-order valence-corrected chi connectivity index (χ1v) is 8.23. The molecular formula is C14H14N2O3S2. The Kier molecular flexibility index (Phi) is 4.05. The summed E-state index contributed by atoms with van der Waals surface area (Å²) in [5.74, 6) is -0.594. The molecule has 0 unspecified atom stereocenters. The molecule has 3 heterocycles. The van der Waals surface area contributed by atoms with Crippen molar-refractivity contribution in [2.75, 3.05) is 19.0 Å². The lowest BCUT2D eigenvalue weighted by Gasteiger charge is -2.13. The monoisotopic (exact) mass is 322 g/mol. The van der Waals surface area contributed by atoms with Gasteiger partial charge in [0, 0.05) is 16.8 Å². The predicted octanol–water partition coefficient (Wildman–Crippen LogP) is 2.49. The number of carbonyl (C=O) groups excluding carboxylic acids is 2. The molecule has 0 saturated heterocycles. The smallest absolute Gasteiger partial charge is 0.341 e. The Bertz CT molecular complexity index is 677. The lowest BCUT2D eigenvalue weighted by atomic mass is 10.0. The van der Waals surface area contributed by atoms with Gasteiger partial charge in [0.15, 0.2) is 0 Å². The molecule has 110 valence electrons. The third kappa shape index (κ3) is 2.72. The first kappa shape index (κ1) is 14.2. The largest absolute Gasteiger partial charge is 0.465 e. The van der Waals surface area contributed by atoms with Gasteiger partial charge in [-0.2, -0.15) is 11.3 Å². The molecule has 0 radical (unpaired) electrons. The van der Waals surface area contributed by atoms with Gasteiger partial charge in [0.2, 0.25) is 0 Å². The molecule has 0 aromatic carbocycles. The van der Waals surface area contributed by atoms with Crippen LogP contribution in [0, 0.1) is 0 Å². The van der Waals surface area contributed by atoms with Crippen LogP contribution in [0.5, 0.6) is 0 Å². The summed E-state index contributed by atoms with van der Waals surface area (Å²) in [6, 6.07) is 1.76. The van der Waals surface area contributed by atoms with Gasteiger partial charge in [0.25, 0.3) is 5.91 Å². The van der Waals surface area contributed by atoms with E-state index in [0.29, 0.717) is 16.1 Å². The number of esters is 1. The molecule has 0 saturated carbocycles. The van der Waals surface area contributed by atoms with E-state index < -0.39 is 5.97 Å². The first-order valence-electron chi connectivity index (χ1n) is 6.48. The minimum atomic E-state index is -0.394. The van der Waals surface area contributed by atoms with Crippen molar-refractivity contribution < 1.29 is 14.3 Å². The van der Waals surface area contributed by atoms with E-state index >= 15 is 0 Å². The fourth-order valence-electron chi connectivity index (χ4n) is 2.31. The number of fused-ring (bicyclic) bond motifs is 1. The number of hydrogen-bond acceptors (Lipinski definition) is 6. The molecule has 1 aliphatic rings. The highest BCUT2D eigenvalue weighted by atomic mass is 32.1. The normalized spacial score (nSPS) is 13.6. The number of hydrogen-bond donors (Lipinski definition) is 2. The van der Waals surface area contributed by atoms with Crippen LogP contribution in [-0.4, -0.2) is 25.5 Å². The molecule has 0 spiro atoms. The van der Waals surface area contributed by atoms with Crippen LogP contribution in [0.25, 0.3) is 0 Å². The highest BCUT2D eigenvalue weighted by molar-refractivity contribution is 7.17. The van der Waals surface area contributed by atoms with Crippen molar-refractivity contribution in [1.29, 1.82) is 0 Å². The summed E-state index contributed by atoms with van der Waals surface area (Å²) in [4.78, 5) is 25.3. The van der Waals surface area contributed by atoms with E-state index in [2.05, 4.69) is 10.6 Å². The van der Waals surface area contributed by atoms with Crippen molar-refractivity contribution in [1.82, 2.24) is 5.32 Å². The second kappa shape index (κ2) is 5.97. The molecule has 0 aliphatic carbocycles. The van der Waals surface area contributed by atoms with Crippen molar-refractivity contribution in [3.05, 3.63) is 38.4 Å². The molecule has 2 aromatic rings.